The van der Waals surface area contributed by atoms with Gasteiger partial charge in [-0.1, -0.05) is 109 Å². The van der Waals surface area contributed by atoms with Gasteiger partial charge in [-0.05, 0) is 46.5 Å². The largest absolute Gasteiger partial charge is 0.456 e. The molecule has 45 heavy (non-hydrogen) atoms. The van der Waals surface area contributed by atoms with Crippen LogP contribution in [0.3, 0.4) is 0 Å². The fourth-order valence-corrected chi connectivity index (χ4v) is 6.09. The van der Waals surface area contributed by atoms with E-state index in [0.717, 1.165) is 66.0 Å². The SMILES string of the molecule is c1ccc(-c2nc(-c3ccc4ccc(-c5cc6ccccc6cn5)cc4c3)nc(-c3cccc4oc5ccccc5c34)n2)cc1. The molecule has 0 spiro atoms. The van der Waals surface area contributed by atoms with E-state index in [1.54, 1.807) is 0 Å². The molecular formula is C40H24N4O. The second-order valence-corrected chi connectivity index (χ2v) is 11.1. The molecular weight excluding hydrogens is 552 g/mol. The lowest BCUT2D eigenvalue weighted by molar-refractivity contribution is 0.669. The van der Waals surface area contributed by atoms with Gasteiger partial charge in [-0.25, -0.2) is 15.0 Å². The highest BCUT2D eigenvalue weighted by Gasteiger charge is 2.18. The summed E-state index contributed by atoms with van der Waals surface area (Å²) in [6.45, 7) is 0. The maximum Gasteiger partial charge on any atom is 0.164 e. The molecule has 210 valence electrons. The van der Waals surface area contributed by atoms with Crippen molar-refractivity contribution in [2.24, 2.45) is 0 Å². The Morgan fingerprint density at radius 3 is 2.00 bits per heavy atom. The zero-order valence-electron chi connectivity index (χ0n) is 24.1. The molecule has 0 aliphatic carbocycles. The Bertz CT molecular complexity index is 2550. The molecule has 3 aromatic heterocycles. The Morgan fingerprint density at radius 2 is 1.11 bits per heavy atom. The maximum absolute atomic E-state index is 6.19. The van der Waals surface area contributed by atoms with Crippen LogP contribution in [-0.2, 0) is 0 Å². The molecule has 0 fully saturated rings. The van der Waals surface area contributed by atoms with Crippen molar-refractivity contribution in [2.75, 3.05) is 0 Å². The van der Waals surface area contributed by atoms with E-state index in [-0.39, 0.29) is 0 Å². The summed E-state index contributed by atoms with van der Waals surface area (Å²) in [5.41, 5.74) is 6.39. The van der Waals surface area contributed by atoms with Crippen LogP contribution in [0.4, 0.5) is 0 Å². The second-order valence-electron chi connectivity index (χ2n) is 11.1. The first-order valence-corrected chi connectivity index (χ1v) is 14.9. The standard InChI is InChI=1S/C40H24N4O/c1-2-9-26(10-3-1)38-42-39(44-40(43-38)33-14-8-16-36-37(33)32-13-6-7-15-35(32)45-36)29-20-18-25-17-19-28(21-31(25)22-29)34-23-27-11-4-5-12-30(27)24-41-34/h1-24H. The van der Waals surface area contributed by atoms with Gasteiger partial charge in [0, 0.05) is 44.6 Å². The van der Waals surface area contributed by atoms with Crippen molar-refractivity contribution in [3.63, 3.8) is 0 Å². The van der Waals surface area contributed by atoms with Gasteiger partial charge in [0.1, 0.15) is 11.2 Å². The van der Waals surface area contributed by atoms with Crippen LogP contribution in [0.15, 0.2) is 150 Å². The van der Waals surface area contributed by atoms with E-state index < -0.39 is 0 Å². The van der Waals surface area contributed by atoms with Gasteiger partial charge in [0.25, 0.3) is 0 Å². The Morgan fingerprint density at radius 1 is 0.422 bits per heavy atom. The minimum atomic E-state index is 0.602. The zero-order valence-corrected chi connectivity index (χ0v) is 24.1. The molecule has 0 radical (unpaired) electrons. The van der Waals surface area contributed by atoms with E-state index in [2.05, 4.69) is 72.8 Å². The molecule has 0 amide bonds. The number of fused-ring (bicyclic) bond motifs is 5. The predicted octanol–water partition coefficient (Wildman–Crippen LogP) is 10.1. The molecule has 5 nitrogen and oxygen atoms in total. The first-order chi connectivity index (χ1) is 22.3. The van der Waals surface area contributed by atoms with Crippen LogP contribution in [0.2, 0.25) is 0 Å². The maximum atomic E-state index is 6.19. The average molecular weight is 577 g/mol. The smallest absolute Gasteiger partial charge is 0.164 e. The summed E-state index contributed by atoms with van der Waals surface area (Å²) in [5, 5.41) is 6.55. The van der Waals surface area contributed by atoms with Crippen LogP contribution in [0, 0.1) is 0 Å². The summed E-state index contributed by atoms with van der Waals surface area (Å²) >= 11 is 0. The van der Waals surface area contributed by atoms with Gasteiger partial charge in [0.2, 0.25) is 0 Å². The van der Waals surface area contributed by atoms with E-state index in [4.69, 9.17) is 24.4 Å². The minimum Gasteiger partial charge on any atom is -0.456 e. The number of rotatable bonds is 4. The number of pyridine rings is 1. The van der Waals surface area contributed by atoms with Crippen molar-refractivity contribution in [3.8, 4) is 45.4 Å². The molecule has 0 aliphatic rings. The van der Waals surface area contributed by atoms with Crippen LogP contribution < -0.4 is 0 Å². The van der Waals surface area contributed by atoms with Gasteiger partial charge in [0.15, 0.2) is 17.5 Å². The van der Waals surface area contributed by atoms with Crippen molar-refractivity contribution in [3.05, 3.63) is 146 Å². The average Bonchev–Trinajstić information content (AvgIpc) is 3.50. The zero-order chi connectivity index (χ0) is 29.7. The highest BCUT2D eigenvalue weighted by Crippen LogP contribution is 2.37. The summed E-state index contributed by atoms with van der Waals surface area (Å²) in [6.07, 6.45) is 1.94. The lowest BCUT2D eigenvalue weighted by atomic mass is 10.0. The minimum absolute atomic E-state index is 0.602. The number of aromatic nitrogens is 4. The van der Waals surface area contributed by atoms with Crippen LogP contribution in [-0.4, -0.2) is 19.9 Å². The topological polar surface area (TPSA) is 64.7 Å². The van der Waals surface area contributed by atoms with Gasteiger partial charge >= 0.3 is 0 Å². The summed E-state index contributed by atoms with van der Waals surface area (Å²) in [5.74, 6) is 1.83. The molecule has 0 bridgehead atoms. The molecule has 0 atom stereocenters. The number of hydrogen-bond donors (Lipinski definition) is 0. The van der Waals surface area contributed by atoms with E-state index >= 15 is 0 Å². The molecule has 3 heterocycles. The molecule has 9 aromatic rings. The lowest BCUT2D eigenvalue weighted by Crippen LogP contribution is -2.00. The van der Waals surface area contributed by atoms with Crippen molar-refractivity contribution < 1.29 is 4.42 Å². The Balaban J connectivity index is 1.22. The number of furan rings is 1. The van der Waals surface area contributed by atoms with Crippen LogP contribution in [0.5, 0.6) is 0 Å². The fourth-order valence-electron chi connectivity index (χ4n) is 6.09. The summed E-state index contributed by atoms with van der Waals surface area (Å²) in [7, 11) is 0. The first kappa shape index (κ1) is 25.3. The summed E-state index contributed by atoms with van der Waals surface area (Å²) in [6, 6.07) is 47.4. The molecule has 0 unspecified atom stereocenters. The quantitative estimate of drug-likeness (QED) is 0.209. The van der Waals surface area contributed by atoms with Gasteiger partial charge in [-0.15, -0.1) is 0 Å². The third-order valence-corrected chi connectivity index (χ3v) is 8.34. The molecule has 0 saturated carbocycles. The number of hydrogen-bond acceptors (Lipinski definition) is 5. The van der Waals surface area contributed by atoms with Crippen molar-refractivity contribution in [1.82, 2.24) is 19.9 Å². The van der Waals surface area contributed by atoms with Gasteiger partial charge in [-0.2, -0.15) is 0 Å². The normalized spacial score (nSPS) is 11.6. The fraction of sp³-hybridized carbons (Fsp3) is 0. The highest BCUT2D eigenvalue weighted by atomic mass is 16.3. The second kappa shape index (κ2) is 10.2. The van der Waals surface area contributed by atoms with Crippen molar-refractivity contribution >= 4 is 43.5 Å². The van der Waals surface area contributed by atoms with E-state index in [1.165, 1.54) is 5.39 Å². The van der Waals surface area contributed by atoms with Gasteiger partial charge in [-0.3, -0.25) is 4.98 Å². The number of para-hydroxylation sites is 1. The molecule has 0 N–H and O–H groups in total. The highest BCUT2D eigenvalue weighted by molar-refractivity contribution is 6.11. The number of nitrogens with zero attached hydrogens (tertiary/aromatic N) is 4. The van der Waals surface area contributed by atoms with Crippen LogP contribution in [0.25, 0.3) is 88.9 Å². The van der Waals surface area contributed by atoms with Crippen LogP contribution in [0.1, 0.15) is 0 Å². The van der Waals surface area contributed by atoms with E-state index in [9.17, 15) is 0 Å². The third-order valence-electron chi connectivity index (χ3n) is 8.34. The first-order valence-electron chi connectivity index (χ1n) is 14.9. The lowest BCUT2D eigenvalue weighted by Gasteiger charge is -2.10. The summed E-state index contributed by atoms with van der Waals surface area (Å²) in [4.78, 5) is 19.8. The van der Waals surface area contributed by atoms with Gasteiger partial charge < -0.3 is 4.42 Å². The molecule has 9 rings (SSSR count). The predicted molar refractivity (Wildman–Crippen MR) is 182 cm³/mol. The van der Waals surface area contributed by atoms with E-state index in [0.29, 0.717) is 17.5 Å². The molecule has 0 aliphatic heterocycles. The van der Waals surface area contributed by atoms with Crippen LogP contribution >= 0.6 is 0 Å². The molecule has 0 saturated heterocycles. The van der Waals surface area contributed by atoms with Gasteiger partial charge in [0.05, 0.1) is 5.69 Å². The number of benzene rings is 6. The Labute approximate surface area is 258 Å². The Hall–Kier alpha value is -6.20. The Kier molecular flexibility index (Phi) is 5.74. The van der Waals surface area contributed by atoms with Crippen molar-refractivity contribution in [2.45, 2.75) is 0 Å². The monoisotopic (exact) mass is 576 g/mol. The molecule has 6 aromatic carbocycles. The third kappa shape index (κ3) is 4.41. The van der Waals surface area contributed by atoms with Crippen molar-refractivity contribution in [1.29, 1.82) is 0 Å². The van der Waals surface area contributed by atoms with E-state index in [1.807, 2.05) is 72.9 Å². The molecule has 5 heteroatoms. The summed E-state index contributed by atoms with van der Waals surface area (Å²) < 4.78 is 6.19.